The molecule has 1 aromatic carbocycles. The molecular formula is C18H20N2O4. The van der Waals surface area contributed by atoms with E-state index in [2.05, 4.69) is 5.32 Å². The molecule has 2 aliphatic heterocycles. The van der Waals surface area contributed by atoms with E-state index in [-0.39, 0.29) is 23.5 Å². The lowest BCUT2D eigenvalue weighted by Gasteiger charge is -2.15. The molecule has 1 saturated heterocycles. The largest absolute Gasteiger partial charge is 0.506 e. The minimum atomic E-state index is -0.539. The lowest BCUT2D eigenvalue weighted by Crippen LogP contribution is -2.37. The van der Waals surface area contributed by atoms with Crippen LogP contribution in [0.3, 0.4) is 0 Å². The van der Waals surface area contributed by atoms with Crippen molar-refractivity contribution in [3.63, 3.8) is 0 Å². The van der Waals surface area contributed by atoms with E-state index in [1.165, 1.54) is 0 Å². The third kappa shape index (κ3) is 2.21. The highest BCUT2D eigenvalue weighted by atomic mass is 16.5. The highest BCUT2D eigenvalue weighted by Gasteiger charge is 2.29. The van der Waals surface area contributed by atoms with Crippen LogP contribution in [0.2, 0.25) is 0 Å². The van der Waals surface area contributed by atoms with E-state index in [0.29, 0.717) is 18.5 Å². The van der Waals surface area contributed by atoms with Gasteiger partial charge in [-0.15, -0.1) is 0 Å². The zero-order chi connectivity index (χ0) is 16.8. The molecule has 0 radical (unpaired) electrons. The predicted octanol–water partition coefficient (Wildman–Crippen LogP) is 1.73. The molecule has 6 heteroatoms. The number of rotatable bonds is 3. The minimum Gasteiger partial charge on any atom is -0.506 e. The molecule has 2 unspecified atom stereocenters. The van der Waals surface area contributed by atoms with Gasteiger partial charge in [0.05, 0.1) is 11.6 Å². The summed E-state index contributed by atoms with van der Waals surface area (Å²) in [4.78, 5) is 25.4. The maximum atomic E-state index is 12.8. The summed E-state index contributed by atoms with van der Waals surface area (Å²) in [6.07, 6.45) is 2.59. The van der Waals surface area contributed by atoms with Gasteiger partial charge in [0, 0.05) is 24.6 Å². The molecule has 4 rings (SSSR count). The highest BCUT2D eigenvalue weighted by molar-refractivity contribution is 6.03. The van der Waals surface area contributed by atoms with Crippen molar-refractivity contribution in [1.29, 1.82) is 0 Å². The summed E-state index contributed by atoms with van der Waals surface area (Å²) < 4.78 is 7.11. The minimum absolute atomic E-state index is 0.0139. The maximum Gasteiger partial charge on any atom is 0.267 e. The van der Waals surface area contributed by atoms with Gasteiger partial charge in [0.1, 0.15) is 11.3 Å². The number of pyridine rings is 1. The summed E-state index contributed by atoms with van der Waals surface area (Å²) in [6, 6.07) is 5.53. The molecule has 2 atom stereocenters. The monoisotopic (exact) mass is 328 g/mol. The number of aromatic hydroxyl groups is 1. The van der Waals surface area contributed by atoms with Crippen LogP contribution < -0.4 is 10.9 Å². The Morgan fingerprint density at radius 3 is 3.04 bits per heavy atom. The van der Waals surface area contributed by atoms with Crippen LogP contribution in [0, 0.1) is 0 Å². The first kappa shape index (κ1) is 15.2. The molecule has 0 saturated carbocycles. The van der Waals surface area contributed by atoms with Gasteiger partial charge in [0.25, 0.3) is 11.5 Å². The van der Waals surface area contributed by atoms with Crippen molar-refractivity contribution in [3.05, 3.63) is 39.7 Å². The third-order valence-corrected chi connectivity index (χ3v) is 4.98. The van der Waals surface area contributed by atoms with Crippen LogP contribution in [0.15, 0.2) is 23.0 Å². The van der Waals surface area contributed by atoms with E-state index >= 15 is 0 Å². The number of nitrogens with one attached hydrogen (secondary N) is 1. The molecule has 126 valence electrons. The van der Waals surface area contributed by atoms with Crippen molar-refractivity contribution in [2.24, 2.45) is 0 Å². The quantitative estimate of drug-likeness (QED) is 0.899. The van der Waals surface area contributed by atoms with Gasteiger partial charge >= 0.3 is 0 Å². The van der Waals surface area contributed by atoms with Crippen molar-refractivity contribution in [2.45, 2.75) is 38.3 Å². The van der Waals surface area contributed by atoms with Gasteiger partial charge in [-0.3, -0.25) is 9.59 Å². The molecule has 1 aromatic heterocycles. The Bertz CT molecular complexity index is 881. The fourth-order valence-corrected chi connectivity index (χ4v) is 3.82. The molecule has 0 spiro atoms. The first-order valence-corrected chi connectivity index (χ1v) is 8.36. The SMILES string of the molecule is CC1Cc2cccc3c(O)c(C(=O)NCC4CCCO4)c(=O)n1c23. The Morgan fingerprint density at radius 2 is 2.29 bits per heavy atom. The van der Waals surface area contributed by atoms with Gasteiger partial charge < -0.3 is 19.7 Å². The molecule has 0 aliphatic carbocycles. The molecule has 6 nitrogen and oxygen atoms in total. The standard InChI is InChI=1S/C18H20N2O4/c1-10-8-11-4-2-6-13-15(11)20(10)18(23)14(16(13)21)17(22)19-9-12-5-3-7-24-12/h2,4,6,10,12,21H,3,5,7-9H2,1H3,(H,19,22). The molecule has 3 heterocycles. The van der Waals surface area contributed by atoms with E-state index in [4.69, 9.17) is 4.74 Å². The van der Waals surface area contributed by atoms with Crippen molar-refractivity contribution in [1.82, 2.24) is 9.88 Å². The van der Waals surface area contributed by atoms with Crippen molar-refractivity contribution < 1.29 is 14.6 Å². The van der Waals surface area contributed by atoms with Gasteiger partial charge in [-0.05, 0) is 37.8 Å². The average molecular weight is 328 g/mol. The zero-order valence-corrected chi connectivity index (χ0v) is 13.5. The Labute approximate surface area is 139 Å². The van der Waals surface area contributed by atoms with Crippen molar-refractivity contribution in [2.75, 3.05) is 13.2 Å². The third-order valence-electron chi connectivity index (χ3n) is 4.98. The number of aromatic nitrogens is 1. The Balaban J connectivity index is 1.76. The van der Waals surface area contributed by atoms with Crippen LogP contribution in [0.5, 0.6) is 5.75 Å². The highest BCUT2D eigenvalue weighted by Crippen LogP contribution is 2.35. The maximum absolute atomic E-state index is 12.8. The smallest absolute Gasteiger partial charge is 0.267 e. The van der Waals surface area contributed by atoms with Crippen molar-refractivity contribution >= 4 is 16.8 Å². The molecular weight excluding hydrogens is 308 g/mol. The second-order valence-corrected chi connectivity index (χ2v) is 6.61. The predicted molar refractivity (Wildman–Crippen MR) is 89.6 cm³/mol. The molecule has 0 bridgehead atoms. The summed E-state index contributed by atoms with van der Waals surface area (Å²) >= 11 is 0. The fraction of sp³-hybridized carbons (Fsp3) is 0.444. The van der Waals surface area contributed by atoms with Crippen LogP contribution in [0.4, 0.5) is 0 Å². The summed E-state index contributed by atoms with van der Waals surface area (Å²) in [5.74, 6) is -0.768. The van der Waals surface area contributed by atoms with E-state index in [9.17, 15) is 14.7 Å². The van der Waals surface area contributed by atoms with Crippen LogP contribution in [-0.4, -0.2) is 34.8 Å². The number of ether oxygens (including phenoxy) is 1. The lowest BCUT2D eigenvalue weighted by molar-refractivity contribution is 0.0854. The average Bonchev–Trinajstić information content (AvgIpc) is 3.18. The number of hydrogen-bond donors (Lipinski definition) is 2. The van der Waals surface area contributed by atoms with Gasteiger partial charge in [-0.25, -0.2) is 0 Å². The number of para-hydroxylation sites is 1. The van der Waals surface area contributed by atoms with Crippen LogP contribution >= 0.6 is 0 Å². The van der Waals surface area contributed by atoms with E-state index in [0.717, 1.165) is 30.3 Å². The summed E-state index contributed by atoms with van der Waals surface area (Å²) in [6.45, 7) is 3.01. The zero-order valence-electron chi connectivity index (χ0n) is 13.5. The van der Waals surface area contributed by atoms with E-state index < -0.39 is 11.5 Å². The normalized spacial score (nSPS) is 22.2. The molecule has 24 heavy (non-hydrogen) atoms. The summed E-state index contributed by atoms with van der Waals surface area (Å²) in [5.41, 5.74) is 1.16. The number of carbonyl (C=O) groups is 1. The Morgan fingerprint density at radius 1 is 1.46 bits per heavy atom. The van der Waals surface area contributed by atoms with Crippen LogP contribution in [0.1, 0.15) is 41.7 Å². The number of hydrogen-bond acceptors (Lipinski definition) is 4. The Hall–Kier alpha value is -2.34. The fourth-order valence-electron chi connectivity index (χ4n) is 3.82. The number of amides is 1. The van der Waals surface area contributed by atoms with E-state index in [1.807, 2.05) is 19.1 Å². The number of benzene rings is 1. The molecule has 2 aromatic rings. The number of nitrogens with zero attached hydrogens (tertiary/aromatic N) is 1. The van der Waals surface area contributed by atoms with Crippen LogP contribution in [0.25, 0.3) is 10.9 Å². The summed E-state index contributed by atoms with van der Waals surface area (Å²) in [5, 5.41) is 13.8. The first-order valence-electron chi connectivity index (χ1n) is 8.36. The lowest BCUT2D eigenvalue weighted by atomic mass is 10.1. The van der Waals surface area contributed by atoms with Gasteiger partial charge in [-0.1, -0.05) is 12.1 Å². The molecule has 2 aliphatic rings. The Kier molecular flexibility index (Phi) is 3.57. The summed E-state index contributed by atoms with van der Waals surface area (Å²) in [7, 11) is 0. The molecule has 1 amide bonds. The second kappa shape index (κ2) is 5.63. The van der Waals surface area contributed by atoms with Crippen LogP contribution in [-0.2, 0) is 11.2 Å². The molecule has 1 fully saturated rings. The van der Waals surface area contributed by atoms with Gasteiger partial charge in [-0.2, -0.15) is 0 Å². The van der Waals surface area contributed by atoms with Gasteiger partial charge in [0.2, 0.25) is 0 Å². The van der Waals surface area contributed by atoms with Gasteiger partial charge in [0.15, 0.2) is 0 Å². The second-order valence-electron chi connectivity index (χ2n) is 6.61. The number of carbonyl (C=O) groups excluding carboxylic acids is 1. The molecule has 2 N–H and O–H groups in total. The van der Waals surface area contributed by atoms with E-state index in [1.54, 1.807) is 10.6 Å². The first-order chi connectivity index (χ1) is 11.6. The topological polar surface area (TPSA) is 80.6 Å². The van der Waals surface area contributed by atoms with Crippen molar-refractivity contribution in [3.8, 4) is 5.75 Å².